The molecule has 0 saturated heterocycles. The van der Waals surface area contributed by atoms with E-state index in [1.165, 1.54) is 37.6 Å². The van der Waals surface area contributed by atoms with Crippen LogP contribution in [0.4, 0.5) is 5.82 Å². The number of rotatable bonds is 5. The number of hydrogen-bond acceptors (Lipinski definition) is 6. The van der Waals surface area contributed by atoms with Crippen LogP contribution in [0.25, 0.3) is 0 Å². The van der Waals surface area contributed by atoms with Gasteiger partial charge in [0.15, 0.2) is 5.82 Å². The second-order valence-corrected chi connectivity index (χ2v) is 5.51. The normalized spacial score (nSPS) is 11.1. The van der Waals surface area contributed by atoms with Crippen molar-refractivity contribution in [3.05, 3.63) is 42.1 Å². The molecule has 8 heteroatoms. The van der Waals surface area contributed by atoms with Crippen LogP contribution in [-0.2, 0) is 16.6 Å². The summed E-state index contributed by atoms with van der Waals surface area (Å²) in [6.07, 6.45) is 1.44. The van der Waals surface area contributed by atoms with Crippen molar-refractivity contribution in [2.75, 3.05) is 11.8 Å². The van der Waals surface area contributed by atoms with E-state index in [0.29, 0.717) is 5.56 Å². The minimum atomic E-state index is -3.84. The number of hydrogen-bond donors (Lipinski definition) is 2. The largest absolute Gasteiger partial charge is 0.495 e. The Balaban J connectivity index is 2.39. The Morgan fingerprint density at radius 3 is 2.75 bits per heavy atom. The van der Waals surface area contributed by atoms with E-state index < -0.39 is 10.0 Å². The molecule has 0 amide bonds. The van der Waals surface area contributed by atoms with Gasteiger partial charge in [0.25, 0.3) is 10.0 Å². The average molecular weight is 295 g/mol. The number of methoxy groups -OCH3 is 1. The molecule has 2 aromatic rings. The second-order valence-electron chi connectivity index (χ2n) is 3.86. The van der Waals surface area contributed by atoms with Gasteiger partial charge in [0, 0.05) is 6.20 Å². The molecule has 0 atom stereocenters. The smallest absolute Gasteiger partial charge is 0.266 e. The molecule has 106 valence electrons. The molecule has 20 heavy (non-hydrogen) atoms. The van der Waals surface area contributed by atoms with E-state index in [4.69, 9.17) is 9.84 Å². The number of nitrogens with zero attached hydrogens (tertiary/aromatic N) is 2. The van der Waals surface area contributed by atoms with Gasteiger partial charge in [-0.3, -0.25) is 4.72 Å². The Bertz CT molecular complexity index is 689. The van der Waals surface area contributed by atoms with Crippen molar-refractivity contribution in [3.8, 4) is 5.75 Å². The molecule has 0 saturated carbocycles. The molecule has 0 aliphatic carbocycles. The molecule has 0 unspecified atom stereocenters. The molecule has 1 heterocycles. The summed E-state index contributed by atoms with van der Waals surface area (Å²) in [5.74, 6) is 0.258. The molecule has 2 N–H and O–H groups in total. The number of aromatic nitrogens is 2. The molecule has 0 aliphatic heterocycles. The lowest BCUT2D eigenvalue weighted by molar-refractivity contribution is 0.280. The zero-order valence-electron chi connectivity index (χ0n) is 10.6. The molecule has 0 aliphatic rings. The predicted octanol–water partition coefficient (Wildman–Crippen LogP) is 0.778. The van der Waals surface area contributed by atoms with Crippen molar-refractivity contribution < 1.29 is 18.3 Å². The molecular formula is C12H13N3O4S. The first kappa shape index (κ1) is 14.2. The monoisotopic (exact) mass is 295 g/mol. The fraction of sp³-hybridized carbons (Fsp3) is 0.167. The number of nitrogens with one attached hydrogen (secondary N) is 1. The molecule has 1 aromatic heterocycles. The summed E-state index contributed by atoms with van der Waals surface area (Å²) in [5.41, 5.74) is 0.556. The van der Waals surface area contributed by atoms with Crippen molar-refractivity contribution in [2.24, 2.45) is 0 Å². The molecule has 1 aromatic carbocycles. The zero-order chi connectivity index (χ0) is 14.6. The summed E-state index contributed by atoms with van der Waals surface area (Å²) in [7, 11) is -2.48. The first-order valence-electron chi connectivity index (χ1n) is 5.65. The third kappa shape index (κ3) is 3.03. The summed E-state index contributed by atoms with van der Waals surface area (Å²) in [5, 5.41) is 16.3. The second kappa shape index (κ2) is 5.85. The number of ether oxygens (including phenoxy) is 1. The van der Waals surface area contributed by atoms with Crippen LogP contribution >= 0.6 is 0 Å². The van der Waals surface area contributed by atoms with Crippen LogP contribution in [0.3, 0.4) is 0 Å². The highest BCUT2D eigenvalue weighted by molar-refractivity contribution is 7.92. The van der Waals surface area contributed by atoms with E-state index in [0.717, 1.165) is 0 Å². The maximum Gasteiger partial charge on any atom is 0.266 e. The van der Waals surface area contributed by atoms with Crippen LogP contribution in [0.2, 0.25) is 0 Å². The minimum absolute atomic E-state index is 0.0390. The number of benzene rings is 1. The van der Waals surface area contributed by atoms with Crippen molar-refractivity contribution >= 4 is 15.8 Å². The summed E-state index contributed by atoms with van der Waals surface area (Å²) in [6.45, 7) is -0.200. The van der Waals surface area contributed by atoms with Crippen LogP contribution < -0.4 is 9.46 Å². The maximum absolute atomic E-state index is 12.3. The average Bonchev–Trinajstić information content (AvgIpc) is 2.47. The first-order valence-corrected chi connectivity index (χ1v) is 7.13. The van der Waals surface area contributed by atoms with Gasteiger partial charge in [-0.15, -0.1) is 5.10 Å². The maximum atomic E-state index is 12.3. The van der Waals surface area contributed by atoms with E-state index in [1.54, 1.807) is 6.07 Å². The van der Waals surface area contributed by atoms with Crippen molar-refractivity contribution in [3.63, 3.8) is 0 Å². The molecule has 0 fully saturated rings. The Morgan fingerprint density at radius 2 is 2.15 bits per heavy atom. The Kier molecular flexibility index (Phi) is 4.16. The summed E-state index contributed by atoms with van der Waals surface area (Å²) < 4.78 is 31.9. The fourth-order valence-electron chi connectivity index (χ4n) is 1.58. The van der Waals surface area contributed by atoms with Crippen molar-refractivity contribution in [1.29, 1.82) is 0 Å². The number of aliphatic hydroxyl groups is 1. The number of anilines is 1. The van der Waals surface area contributed by atoms with E-state index in [1.807, 2.05) is 0 Å². The topological polar surface area (TPSA) is 101 Å². The quantitative estimate of drug-likeness (QED) is 0.845. The van der Waals surface area contributed by atoms with E-state index in [-0.39, 0.29) is 23.1 Å². The third-order valence-corrected chi connectivity index (χ3v) is 3.91. The number of aliphatic hydroxyl groups excluding tert-OH is 1. The SMILES string of the molecule is COc1cc(CO)ccc1S(=O)(=O)Nc1cccnn1. The minimum Gasteiger partial charge on any atom is -0.495 e. The number of sulfonamides is 1. The van der Waals surface area contributed by atoms with Crippen molar-refractivity contribution in [1.82, 2.24) is 10.2 Å². The molecule has 0 spiro atoms. The van der Waals surface area contributed by atoms with Gasteiger partial charge >= 0.3 is 0 Å². The lowest BCUT2D eigenvalue weighted by atomic mass is 10.2. The van der Waals surface area contributed by atoms with Gasteiger partial charge in [-0.25, -0.2) is 8.42 Å². The standard InChI is InChI=1S/C12H13N3O4S/c1-19-10-7-9(8-16)4-5-11(10)20(17,18)15-12-3-2-6-13-14-12/h2-7,16H,8H2,1H3,(H,14,15). The Labute approximate surface area is 116 Å². The van der Waals surface area contributed by atoms with E-state index in [2.05, 4.69) is 14.9 Å². The van der Waals surface area contributed by atoms with Crippen molar-refractivity contribution in [2.45, 2.75) is 11.5 Å². The van der Waals surface area contributed by atoms with E-state index >= 15 is 0 Å². The Morgan fingerprint density at radius 1 is 1.35 bits per heavy atom. The molecule has 2 rings (SSSR count). The highest BCUT2D eigenvalue weighted by Gasteiger charge is 2.20. The summed E-state index contributed by atoms with van der Waals surface area (Å²) in [6, 6.07) is 7.39. The molecular weight excluding hydrogens is 282 g/mol. The van der Waals surface area contributed by atoms with Crippen LogP contribution in [0.1, 0.15) is 5.56 Å². The zero-order valence-corrected chi connectivity index (χ0v) is 11.5. The molecule has 7 nitrogen and oxygen atoms in total. The highest BCUT2D eigenvalue weighted by Crippen LogP contribution is 2.26. The lowest BCUT2D eigenvalue weighted by Crippen LogP contribution is -2.15. The highest BCUT2D eigenvalue weighted by atomic mass is 32.2. The summed E-state index contributed by atoms with van der Waals surface area (Å²) in [4.78, 5) is -0.0390. The van der Waals surface area contributed by atoms with Gasteiger partial charge < -0.3 is 9.84 Å². The first-order chi connectivity index (χ1) is 9.56. The molecule has 0 radical (unpaired) electrons. The van der Waals surface area contributed by atoms with Crippen LogP contribution in [0, 0.1) is 0 Å². The van der Waals surface area contributed by atoms with Gasteiger partial charge in [-0.2, -0.15) is 5.10 Å². The van der Waals surface area contributed by atoms with Crippen LogP contribution in [0.15, 0.2) is 41.4 Å². The van der Waals surface area contributed by atoms with Gasteiger partial charge in [0.05, 0.1) is 13.7 Å². The Hall–Kier alpha value is -2.19. The fourth-order valence-corrected chi connectivity index (χ4v) is 2.73. The van der Waals surface area contributed by atoms with Gasteiger partial charge in [-0.05, 0) is 29.8 Å². The van der Waals surface area contributed by atoms with Crippen LogP contribution in [-0.4, -0.2) is 30.8 Å². The third-order valence-electron chi connectivity index (χ3n) is 2.51. The summed E-state index contributed by atoms with van der Waals surface area (Å²) >= 11 is 0. The molecule has 0 bridgehead atoms. The van der Waals surface area contributed by atoms with Gasteiger partial charge in [-0.1, -0.05) is 6.07 Å². The van der Waals surface area contributed by atoms with E-state index in [9.17, 15) is 8.42 Å². The van der Waals surface area contributed by atoms with Gasteiger partial charge in [0.1, 0.15) is 10.6 Å². The predicted molar refractivity (Wildman–Crippen MR) is 71.8 cm³/mol. The van der Waals surface area contributed by atoms with Gasteiger partial charge in [0.2, 0.25) is 0 Å². The lowest BCUT2D eigenvalue weighted by Gasteiger charge is -2.11. The van der Waals surface area contributed by atoms with Crippen LogP contribution in [0.5, 0.6) is 5.75 Å².